The van der Waals surface area contributed by atoms with E-state index in [2.05, 4.69) is 45.7 Å². The minimum absolute atomic E-state index is 0.0103. The lowest BCUT2D eigenvalue weighted by Gasteiger charge is -2.35. The van der Waals surface area contributed by atoms with Gasteiger partial charge >= 0.3 is 11.8 Å². The summed E-state index contributed by atoms with van der Waals surface area (Å²) in [6, 6.07) is 16.5. The fourth-order valence-corrected chi connectivity index (χ4v) is 4.46. The van der Waals surface area contributed by atoms with Crippen molar-refractivity contribution in [3.63, 3.8) is 0 Å². The van der Waals surface area contributed by atoms with Crippen molar-refractivity contribution >= 4 is 17.5 Å². The SMILES string of the molecule is CN1CCc2cc(C(CNC(=O)C(=O)NCCc3ccccc3)N3CCOCC3)ccc21. The van der Waals surface area contributed by atoms with Gasteiger partial charge in [-0.1, -0.05) is 42.5 Å². The van der Waals surface area contributed by atoms with E-state index in [-0.39, 0.29) is 6.04 Å². The van der Waals surface area contributed by atoms with Crippen LogP contribution in [0.4, 0.5) is 5.69 Å². The summed E-state index contributed by atoms with van der Waals surface area (Å²) in [6.45, 7) is 4.82. The second-order valence-electron chi connectivity index (χ2n) is 8.43. The number of nitrogens with zero attached hydrogens (tertiary/aromatic N) is 2. The molecule has 7 nitrogen and oxygen atoms in total. The molecule has 1 saturated heterocycles. The average molecular weight is 437 g/mol. The Morgan fingerprint density at radius 1 is 1.00 bits per heavy atom. The fraction of sp³-hybridized carbons (Fsp3) is 0.440. The number of ether oxygens (including phenoxy) is 1. The largest absolute Gasteiger partial charge is 0.379 e. The Bertz CT molecular complexity index is 928. The first kappa shape index (κ1) is 22.3. The van der Waals surface area contributed by atoms with Crippen LogP contribution in [0.2, 0.25) is 0 Å². The first-order valence-electron chi connectivity index (χ1n) is 11.4. The number of fused-ring (bicyclic) bond motifs is 1. The van der Waals surface area contributed by atoms with Gasteiger partial charge in [0, 0.05) is 45.5 Å². The second-order valence-corrected chi connectivity index (χ2v) is 8.43. The maximum absolute atomic E-state index is 12.5. The number of hydrogen-bond acceptors (Lipinski definition) is 5. The highest BCUT2D eigenvalue weighted by atomic mass is 16.5. The van der Waals surface area contributed by atoms with Crippen LogP contribution in [0, 0.1) is 0 Å². The Balaban J connectivity index is 1.36. The summed E-state index contributed by atoms with van der Waals surface area (Å²) >= 11 is 0. The van der Waals surface area contributed by atoms with Gasteiger partial charge in [0.1, 0.15) is 0 Å². The predicted octanol–water partition coefficient (Wildman–Crippen LogP) is 1.53. The van der Waals surface area contributed by atoms with Crippen LogP contribution >= 0.6 is 0 Å². The Hall–Kier alpha value is -2.90. The number of nitrogens with one attached hydrogen (secondary N) is 2. The van der Waals surface area contributed by atoms with Gasteiger partial charge in [-0.3, -0.25) is 14.5 Å². The summed E-state index contributed by atoms with van der Waals surface area (Å²) in [6.07, 6.45) is 1.73. The van der Waals surface area contributed by atoms with E-state index in [1.165, 1.54) is 16.8 Å². The molecular weight excluding hydrogens is 404 g/mol. The van der Waals surface area contributed by atoms with Gasteiger partial charge in [0.05, 0.1) is 19.3 Å². The number of anilines is 1. The van der Waals surface area contributed by atoms with Crippen LogP contribution in [0.25, 0.3) is 0 Å². The van der Waals surface area contributed by atoms with Gasteiger partial charge in [-0.15, -0.1) is 0 Å². The standard InChI is InChI=1S/C25H32N4O3/c1-28-12-10-21-17-20(7-8-22(21)28)23(29-13-15-32-16-14-29)18-27-25(31)24(30)26-11-9-19-5-3-2-4-6-19/h2-8,17,23H,9-16,18H2,1H3,(H,26,30)(H,27,31). The van der Waals surface area contributed by atoms with Gasteiger partial charge in [-0.05, 0) is 35.6 Å². The van der Waals surface area contributed by atoms with Crippen LogP contribution in [0.1, 0.15) is 22.7 Å². The molecule has 2 N–H and O–H groups in total. The molecule has 0 radical (unpaired) electrons. The zero-order valence-corrected chi connectivity index (χ0v) is 18.7. The third-order valence-electron chi connectivity index (χ3n) is 6.31. The molecule has 2 aromatic carbocycles. The Labute approximate surface area is 189 Å². The molecular formula is C25H32N4O3. The van der Waals surface area contributed by atoms with Crippen molar-refractivity contribution < 1.29 is 14.3 Å². The lowest BCUT2D eigenvalue weighted by Crippen LogP contribution is -2.47. The summed E-state index contributed by atoms with van der Waals surface area (Å²) in [5.74, 6) is -1.17. The number of morpholine rings is 1. The van der Waals surface area contributed by atoms with E-state index in [4.69, 9.17) is 4.74 Å². The van der Waals surface area contributed by atoms with Crippen molar-refractivity contribution in [1.29, 1.82) is 0 Å². The maximum Gasteiger partial charge on any atom is 0.309 e. The van der Waals surface area contributed by atoms with Crippen molar-refractivity contribution in [3.8, 4) is 0 Å². The quantitative estimate of drug-likeness (QED) is 0.644. The number of carbonyl (C=O) groups is 2. The van der Waals surface area contributed by atoms with E-state index in [0.29, 0.717) is 32.7 Å². The number of benzene rings is 2. The minimum Gasteiger partial charge on any atom is -0.379 e. The first-order chi connectivity index (χ1) is 15.6. The Morgan fingerprint density at radius 3 is 2.53 bits per heavy atom. The third kappa shape index (κ3) is 5.47. The summed E-state index contributed by atoms with van der Waals surface area (Å²) in [4.78, 5) is 29.3. The van der Waals surface area contributed by atoms with Crippen molar-refractivity contribution in [2.24, 2.45) is 0 Å². The smallest absolute Gasteiger partial charge is 0.309 e. The average Bonchev–Trinajstić information content (AvgIpc) is 3.20. The number of likely N-dealkylation sites (N-methyl/N-ethyl adjacent to an activating group) is 1. The molecule has 0 bridgehead atoms. The normalized spacial score (nSPS) is 17.0. The zero-order valence-electron chi connectivity index (χ0n) is 18.7. The van der Waals surface area contributed by atoms with Crippen LogP contribution < -0.4 is 15.5 Å². The molecule has 32 heavy (non-hydrogen) atoms. The predicted molar refractivity (Wildman–Crippen MR) is 125 cm³/mol. The Kier molecular flexibility index (Phi) is 7.39. The molecule has 2 heterocycles. The summed E-state index contributed by atoms with van der Waals surface area (Å²) in [5.41, 5.74) is 4.91. The monoisotopic (exact) mass is 436 g/mol. The second kappa shape index (κ2) is 10.6. The molecule has 1 fully saturated rings. The van der Waals surface area contributed by atoms with Crippen molar-refractivity contribution in [2.45, 2.75) is 18.9 Å². The molecule has 0 spiro atoms. The maximum atomic E-state index is 12.5. The van der Waals surface area contributed by atoms with Crippen molar-refractivity contribution in [2.75, 3.05) is 57.9 Å². The summed E-state index contributed by atoms with van der Waals surface area (Å²) in [5, 5.41) is 5.58. The van der Waals surface area contributed by atoms with E-state index in [1.54, 1.807) is 0 Å². The molecule has 0 saturated carbocycles. The number of hydrogen-bond donors (Lipinski definition) is 2. The molecule has 4 rings (SSSR count). The lowest BCUT2D eigenvalue weighted by molar-refractivity contribution is -0.139. The number of amides is 2. The third-order valence-corrected chi connectivity index (χ3v) is 6.31. The molecule has 7 heteroatoms. The minimum atomic E-state index is -0.586. The molecule has 1 unspecified atom stereocenters. The van der Waals surface area contributed by atoms with Gasteiger partial charge in [0.25, 0.3) is 0 Å². The summed E-state index contributed by atoms with van der Waals surface area (Å²) in [7, 11) is 2.11. The molecule has 2 amide bonds. The highest BCUT2D eigenvalue weighted by Crippen LogP contribution is 2.31. The zero-order chi connectivity index (χ0) is 22.3. The van der Waals surface area contributed by atoms with Crippen molar-refractivity contribution in [3.05, 3.63) is 65.2 Å². The van der Waals surface area contributed by atoms with Crippen LogP contribution in [0.5, 0.6) is 0 Å². The highest BCUT2D eigenvalue weighted by molar-refractivity contribution is 6.35. The van der Waals surface area contributed by atoms with Gasteiger partial charge < -0.3 is 20.3 Å². The van der Waals surface area contributed by atoms with Gasteiger partial charge in [0.15, 0.2) is 0 Å². The van der Waals surface area contributed by atoms with Crippen molar-refractivity contribution in [1.82, 2.24) is 15.5 Å². The van der Waals surface area contributed by atoms with E-state index >= 15 is 0 Å². The summed E-state index contributed by atoms with van der Waals surface area (Å²) < 4.78 is 5.52. The lowest BCUT2D eigenvalue weighted by atomic mass is 10.0. The molecule has 2 aliphatic rings. The highest BCUT2D eigenvalue weighted by Gasteiger charge is 2.26. The fourth-order valence-electron chi connectivity index (χ4n) is 4.46. The van der Waals surface area contributed by atoms with Gasteiger partial charge in [0.2, 0.25) is 0 Å². The van der Waals surface area contributed by atoms with Gasteiger partial charge in [-0.2, -0.15) is 0 Å². The van der Waals surface area contributed by atoms with Crippen LogP contribution in [-0.2, 0) is 27.2 Å². The molecule has 0 aliphatic carbocycles. The Morgan fingerprint density at radius 2 is 1.75 bits per heavy atom. The van der Waals surface area contributed by atoms with Crippen LogP contribution in [0.15, 0.2) is 48.5 Å². The van der Waals surface area contributed by atoms with Gasteiger partial charge in [-0.25, -0.2) is 0 Å². The molecule has 2 aromatic rings. The molecule has 2 aliphatic heterocycles. The number of carbonyl (C=O) groups excluding carboxylic acids is 2. The molecule has 0 aromatic heterocycles. The molecule has 1 atom stereocenters. The van der Waals surface area contributed by atoms with E-state index in [0.717, 1.165) is 31.6 Å². The van der Waals surface area contributed by atoms with Crippen LogP contribution in [-0.4, -0.2) is 69.7 Å². The van der Waals surface area contributed by atoms with E-state index < -0.39 is 11.8 Å². The van der Waals surface area contributed by atoms with E-state index in [1.807, 2.05) is 30.3 Å². The molecule has 170 valence electrons. The van der Waals surface area contributed by atoms with E-state index in [9.17, 15) is 9.59 Å². The first-order valence-corrected chi connectivity index (χ1v) is 11.4. The number of rotatable bonds is 7. The van der Waals surface area contributed by atoms with Crippen LogP contribution in [0.3, 0.4) is 0 Å². The topological polar surface area (TPSA) is 73.9 Å².